The molecule has 1 heterocycles. The summed E-state index contributed by atoms with van der Waals surface area (Å²) in [5, 5.41) is 7.15. The molecule has 0 aliphatic heterocycles. The molecule has 0 aliphatic rings. The third-order valence-electron chi connectivity index (χ3n) is 2.29. The largest absolute Gasteiger partial charge is 0.383 e. The van der Waals surface area contributed by atoms with Crippen molar-refractivity contribution in [3.8, 4) is 0 Å². The third kappa shape index (κ3) is 4.73. The fourth-order valence-electron chi connectivity index (χ4n) is 1.34. The van der Waals surface area contributed by atoms with Crippen molar-refractivity contribution in [3.63, 3.8) is 0 Å². The van der Waals surface area contributed by atoms with Gasteiger partial charge in [-0.15, -0.1) is 0 Å². The summed E-state index contributed by atoms with van der Waals surface area (Å²) in [5.74, 6) is 0. The molecule has 0 atom stereocenters. The van der Waals surface area contributed by atoms with Crippen LogP contribution in [0.25, 0.3) is 0 Å². The van der Waals surface area contributed by atoms with Crippen LogP contribution in [0, 0.1) is 0 Å². The van der Waals surface area contributed by atoms with Gasteiger partial charge in [-0.3, -0.25) is 4.68 Å². The van der Waals surface area contributed by atoms with E-state index in [1.807, 2.05) is 6.92 Å². The van der Waals surface area contributed by atoms with Gasteiger partial charge < -0.3 is 10.1 Å². The highest BCUT2D eigenvalue weighted by atomic mass is 32.2. The van der Waals surface area contributed by atoms with Crippen LogP contribution in [0.4, 0.5) is 0 Å². The van der Waals surface area contributed by atoms with Crippen LogP contribution in [0.15, 0.2) is 17.3 Å². The van der Waals surface area contributed by atoms with Crippen LogP contribution in [0.5, 0.6) is 0 Å². The molecule has 0 bridgehead atoms. The van der Waals surface area contributed by atoms with Gasteiger partial charge in [0, 0.05) is 26.4 Å². The lowest BCUT2D eigenvalue weighted by atomic mass is 10.6. The molecule has 0 spiro atoms. The second-order valence-corrected chi connectivity index (χ2v) is 5.45. The average molecular weight is 276 g/mol. The molecule has 0 saturated heterocycles. The van der Waals surface area contributed by atoms with Crippen LogP contribution >= 0.6 is 0 Å². The van der Waals surface area contributed by atoms with Crippen molar-refractivity contribution < 1.29 is 13.2 Å². The van der Waals surface area contributed by atoms with Crippen LogP contribution in [-0.4, -0.2) is 51.5 Å². The monoisotopic (exact) mass is 276 g/mol. The van der Waals surface area contributed by atoms with Crippen LogP contribution in [0.2, 0.25) is 0 Å². The van der Waals surface area contributed by atoms with Crippen LogP contribution in [-0.2, 0) is 21.3 Å². The molecule has 0 amide bonds. The molecule has 1 aromatic heterocycles. The molecule has 104 valence electrons. The SMILES string of the molecule is CCNCCn1cc(S(=O)(=O)NCCOC)cn1. The van der Waals surface area contributed by atoms with E-state index in [4.69, 9.17) is 4.74 Å². The zero-order valence-corrected chi connectivity index (χ0v) is 11.5. The molecule has 18 heavy (non-hydrogen) atoms. The Morgan fingerprint density at radius 3 is 2.89 bits per heavy atom. The highest BCUT2D eigenvalue weighted by Crippen LogP contribution is 2.06. The fourth-order valence-corrected chi connectivity index (χ4v) is 2.30. The minimum atomic E-state index is -3.48. The summed E-state index contributed by atoms with van der Waals surface area (Å²) in [6, 6.07) is 0. The van der Waals surface area contributed by atoms with E-state index in [1.54, 1.807) is 4.68 Å². The number of aromatic nitrogens is 2. The van der Waals surface area contributed by atoms with Crippen molar-refractivity contribution in [2.24, 2.45) is 0 Å². The summed E-state index contributed by atoms with van der Waals surface area (Å²) in [7, 11) is -1.96. The number of likely N-dealkylation sites (N-methyl/N-ethyl adjacent to an activating group) is 1. The number of nitrogens with zero attached hydrogens (tertiary/aromatic N) is 2. The Morgan fingerprint density at radius 2 is 2.22 bits per heavy atom. The Balaban J connectivity index is 2.55. The molecular weight excluding hydrogens is 256 g/mol. The van der Waals surface area contributed by atoms with Gasteiger partial charge in [-0.2, -0.15) is 5.10 Å². The second kappa shape index (κ2) is 7.47. The number of sulfonamides is 1. The Hall–Kier alpha value is -0.960. The van der Waals surface area contributed by atoms with Gasteiger partial charge in [-0.05, 0) is 6.54 Å². The lowest BCUT2D eigenvalue weighted by Gasteiger charge is -2.03. The van der Waals surface area contributed by atoms with E-state index in [9.17, 15) is 8.42 Å². The number of nitrogens with one attached hydrogen (secondary N) is 2. The van der Waals surface area contributed by atoms with Gasteiger partial charge in [0.25, 0.3) is 0 Å². The number of hydrogen-bond donors (Lipinski definition) is 2. The van der Waals surface area contributed by atoms with Gasteiger partial charge in [0.2, 0.25) is 10.0 Å². The van der Waals surface area contributed by atoms with E-state index in [0.717, 1.165) is 13.1 Å². The lowest BCUT2D eigenvalue weighted by Crippen LogP contribution is -2.27. The molecule has 0 fully saturated rings. The number of hydrogen-bond acceptors (Lipinski definition) is 5. The van der Waals surface area contributed by atoms with Crippen molar-refractivity contribution in [3.05, 3.63) is 12.4 Å². The van der Waals surface area contributed by atoms with Crippen LogP contribution < -0.4 is 10.0 Å². The molecule has 8 heteroatoms. The molecule has 0 saturated carbocycles. The molecular formula is C10H20N4O3S. The number of rotatable bonds is 9. The Labute approximate surface area is 108 Å². The van der Waals surface area contributed by atoms with Crippen molar-refractivity contribution in [1.82, 2.24) is 19.8 Å². The number of methoxy groups -OCH3 is 1. The molecule has 1 rings (SSSR count). The van der Waals surface area contributed by atoms with Crippen LogP contribution in [0.1, 0.15) is 6.92 Å². The minimum absolute atomic E-state index is 0.176. The quantitative estimate of drug-likeness (QED) is 0.589. The van der Waals surface area contributed by atoms with Gasteiger partial charge in [-0.25, -0.2) is 13.1 Å². The Morgan fingerprint density at radius 1 is 1.44 bits per heavy atom. The van der Waals surface area contributed by atoms with Crippen molar-refractivity contribution in [1.29, 1.82) is 0 Å². The summed E-state index contributed by atoms with van der Waals surface area (Å²) >= 11 is 0. The smallest absolute Gasteiger partial charge is 0.243 e. The summed E-state index contributed by atoms with van der Waals surface area (Å²) in [4.78, 5) is 0.176. The maximum atomic E-state index is 11.8. The van der Waals surface area contributed by atoms with E-state index in [0.29, 0.717) is 13.2 Å². The first-order valence-corrected chi connectivity index (χ1v) is 7.30. The summed E-state index contributed by atoms with van der Waals surface area (Å²) in [6.07, 6.45) is 2.87. The Bertz CT molecular complexity index is 444. The molecule has 2 N–H and O–H groups in total. The predicted octanol–water partition coefficient (Wildman–Crippen LogP) is -0.583. The van der Waals surface area contributed by atoms with Crippen molar-refractivity contribution in [2.75, 3.05) is 33.4 Å². The van der Waals surface area contributed by atoms with Crippen LogP contribution in [0.3, 0.4) is 0 Å². The molecule has 7 nitrogen and oxygen atoms in total. The molecule has 0 unspecified atom stereocenters. The topological polar surface area (TPSA) is 85.2 Å². The molecule has 0 aromatic carbocycles. The van der Waals surface area contributed by atoms with Gasteiger partial charge >= 0.3 is 0 Å². The first kappa shape index (κ1) is 15.1. The van der Waals surface area contributed by atoms with E-state index in [-0.39, 0.29) is 11.4 Å². The summed E-state index contributed by atoms with van der Waals surface area (Å²) in [5.41, 5.74) is 0. The third-order valence-corrected chi connectivity index (χ3v) is 3.70. The highest BCUT2D eigenvalue weighted by Gasteiger charge is 2.15. The van der Waals surface area contributed by atoms with Gasteiger partial charge in [-0.1, -0.05) is 6.92 Å². The van der Waals surface area contributed by atoms with Gasteiger partial charge in [0.15, 0.2) is 0 Å². The lowest BCUT2D eigenvalue weighted by molar-refractivity contribution is 0.204. The Kier molecular flexibility index (Phi) is 6.27. The molecule has 1 aromatic rings. The molecule has 0 radical (unpaired) electrons. The van der Waals surface area contributed by atoms with E-state index in [1.165, 1.54) is 19.5 Å². The van der Waals surface area contributed by atoms with E-state index < -0.39 is 10.0 Å². The normalized spacial score (nSPS) is 11.9. The highest BCUT2D eigenvalue weighted by molar-refractivity contribution is 7.89. The molecule has 0 aliphatic carbocycles. The summed E-state index contributed by atoms with van der Waals surface area (Å²) in [6.45, 7) is 4.88. The fraction of sp³-hybridized carbons (Fsp3) is 0.700. The zero-order chi connectivity index (χ0) is 13.4. The van der Waals surface area contributed by atoms with Gasteiger partial charge in [0.05, 0.1) is 19.3 Å². The van der Waals surface area contributed by atoms with Gasteiger partial charge in [0.1, 0.15) is 4.90 Å². The van der Waals surface area contributed by atoms with E-state index in [2.05, 4.69) is 15.1 Å². The van der Waals surface area contributed by atoms with Crippen molar-refractivity contribution in [2.45, 2.75) is 18.4 Å². The predicted molar refractivity (Wildman–Crippen MR) is 67.8 cm³/mol. The first-order valence-electron chi connectivity index (χ1n) is 5.82. The van der Waals surface area contributed by atoms with Crippen molar-refractivity contribution >= 4 is 10.0 Å². The maximum Gasteiger partial charge on any atom is 0.243 e. The maximum absolute atomic E-state index is 11.8. The minimum Gasteiger partial charge on any atom is -0.383 e. The zero-order valence-electron chi connectivity index (χ0n) is 10.7. The van der Waals surface area contributed by atoms with E-state index >= 15 is 0 Å². The average Bonchev–Trinajstić information content (AvgIpc) is 2.79. The first-order chi connectivity index (χ1) is 8.60. The second-order valence-electron chi connectivity index (χ2n) is 3.68. The summed E-state index contributed by atoms with van der Waals surface area (Å²) < 4.78 is 32.5. The number of ether oxygens (including phenoxy) is 1. The standard InChI is InChI=1S/C10H20N4O3S/c1-3-11-4-6-14-9-10(8-12-14)18(15,16)13-5-7-17-2/h8-9,11,13H,3-7H2,1-2H3.